The van der Waals surface area contributed by atoms with E-state index in [9.17, 15) is 0 Å². The van der Waals surface area contributed by atoms with Crippen LogP contribution in [0.5, 0.6) is 0 Å². The van der Waals surface area contributed by atoms with E-state index in [1.165, 1.54) is 10.8 Å². The van der Waals surface area contributed by atoms with Crippen LogP contribution in [0.15, 0.2) is 46.9 Å². The maximum Gasteiger partial charge on any atom is 0.231 e. The predicted octanol–water partition coefficient (Wildman–Crippen LogP) is 3.33. The SMILES string of the molecule is CNc1oc(Cc2cccc3ccccc23)nc1C#N. The van der Waals surface area contributed by atoms with Crippen LogP contribution in [0.2, 0.25) is 0 Å². The topological polar surface area (TPSA) is 61.9 Å². The number of nitriles is 1. The molecular weight excluding hydrogens is 250 g/mol. The Morgan fingerprint density at radius 1 is 1.20 bits per heavy atom. The molecule has 0 fully saturated rings. The van der Waals surface area contributed by atoms with Gasteiger partial charge in [0.15, 0.2) is 0 Å². The molecule has 98 valence electrons. The van der Waals surface area contributed by atoms with Gasteiger partial charge in [0.05, 0.1) is 6.42 Å². The largest absolute Gasteiger partial charge is 0.423 e. The molecule has 1 aromatic heterocycles. The lowest BCUT2D eigenvalue weighted by atomic mass is 10.0. The highest BCUT2D eigenvalue weighted by Crippen LogP contribution is 2.23. The summed E-state index contributed by atoms with van der Waals surface area (Å²) in [6.45, 7) is 0. The Bertz CT molecular complexity index is 794. The standard InChI is InChI=1S/C16H13N3O/c1-18-16-14(10-17)19-15(20-16)9-12-7-4-6-11-5-2-3-8-13(11)12/h2-8,18H,9H2,1H3. The van der Waals surface area contributed by atoms with Crippen LogP contribution in [0, 0.1) is 11.3 Å². The van der Waals surface area contributed by atoms with Crippen molar-refractivity contribution in [1.82, 2.24) is 4.98 Å². The van der Waals surface area contributed by atoms with E-state index >= 15 is 0 Å². The third-order valence-electron chi connectivity index (χ3n) is 3.23. The molecular formula is C16H13N3O. The second-order valence-corrected chi connectivity index (χ2v) is 4.46. The zero-order valence-electron chi connectivity index (χ0n) is 11.1. The summed E-state index contributed by atoms with van der Waals surface area (Å²) >= 11 is 0. The Labute approximate surface area is 116 Å². The highest BCUT2D eigenvalue weighted by atomic mass is 16.4. The van der Waals surface area contributed by atoms with E-state index in [-0.39, 0.29) is 0 Å². The number of nitrogens with one attached hydrogen (secondary N) is 1. The molecule has 1 N–H and O–H groups in total. The van der Waals surface area contributed by atoms with Crippen molar-refractivity contribution in [2.24, 2.45) is 0 Å². The minimum Gasteiger partial charge on any atom is -0.423 e. The van der Waals surface area contributed by atoms with Gasteiger partial charge in [0.25, 0.3) is 0 Å². The first-order valence-electron chi connectivity index (χ1n) is 6.36. The minimum atomic E-state index is 0.294. The van der Waals surface area contributed by atoms with Crippen molar-refractivity contribution in [2.75, 3.05) is 12.4 Å². The second kappa shape index (κ2) is 5.06. The van der Waals surface area contributed by atoms with Crippen molar-refractivity contribution in [2.45, 2.75) is 6.42 Å². The highest BCUT2D eigenvalue weighted by molar-refractivity contribution is 5.85. The van der Waals surface area contributed by atoms with Gasteiger partial charge >= 0.3 is 0 Å². The number of hydrogen-bond acceptors (Lipinski definition) is 4. The predicted molar refractivity (Wildman–Crippen MR) is 77.5 cm³/mol. The molecule has 0 aliphatic heterocycles. The average Bonchev–Trinajstić information content (AvgIpc) is 2.90. The monoisotopic (exact) mass is 263 g/mol. The zero-order chi connectivity index (χ0) is 13.9. The van der Waals surface area contributed by atoms with Crippen LogP contribution in [-0.2, 0) is 6.42 Å². The Morgan fingerprint density at radius 2 is 2.00 bits per heavy atom. The fraction of sp³-hybridized carbons (Fsp3) is 0.125. The molecule has 0 atom stereocenters. The molecule has 0 saturated heterocycles. The van der Waals surface area contributed by atoms with Crippen LogP contribution in [0.3, 0.4) is 0 Å². The minimum absolute atomic E-state index is 0.294. The summed E-state index contributed by atoms with van der Waals surface area (Å²) in [4.78, 5) is 4.21. The van der Waals surface area contributed by atoms with E-state index in [1.807, 2.05) is 24.3 Å². The van der Waals surface area contributed by atoms with Crippen LogP contribution < -0.4 is 5.32 Å². The molecule has 0 unspecified atom stereocenters. The number of oxazole rings is 1. The molecule has 20 heavy (non-hydrogen) atoms. The Morgan fingerprint density at radius 3 is 2.75 bits per heavy atom. The first-order valence-corrected chi connectivity index (χ1v) is 6.36. The molecule has 3 aromatic rings. The van der Waals surface area contributed by atoms with Crippen LogP contribution in [-0.4, -0.2) is 12.0 Å². The van der Waals surface area contributed by atoms with Gasteiger partial charge in [0.1, 0.15) is 6.07 Å². The molecule has 0 aliphatic carbocycles. The summed E-state index contributed by atoms with van der Waals surface area (Å²) in [6, 6.07) is 16.4. The third-order valence-corrected chi connectivity index (χ3v) is 3.23. The molecule has 0 amide bonds. The Hall–Kier alpha value is -2.80. The third kappa shape index (κ3) is 2.10. The van der Waals surface area contributed by atoms with Gasteiger partial charge in [0, 0.05) is 7.05 Å². The first-order chi connectivity index (χ1) is 9.81. The molecule has 2 aromatic carbocycles. The molecule has 0 aliphatic rings. The van der Waals surface area contributed by atoms with E-state index in [0.29, 0.717) is 23.9 Å². The van der Waals surface area contributed by atoms with Crippen LogP contribution >= 0.6 is 0 Å². The molecule has 4 nitrogen and oxygen atoms in total. The maximum atomic E-state index is 8.99. The summed E-state index contributed by atoms with van der Waals surface area (Å²) in [7, 11) is 1.71. The molecule has 4 heteroatoms. The van der Waals surface area contributed by atoms with Crippen molar-refractivity contribution in [3.63, 3.8) is 0 Å². The zero-order valence-corrected chi connectivity index (χ0v) is 11.1. The van der Waals surface area contributed by atoms with Gasteiger partial charge in [-0.05, 0) is 16.3 Å². The number of fused-ring (bicyclic) bond motifs is 1. The molecule has 0 saturated carbocycles. The van der Waals surface area contributed by atoms with Gasteiger partial charge in [-0.15, -0.1) is 0 Å². The molecule has 0 radical (unpaired) electrons. The van der Waals surface area contributed by atoms with E-state index in [1.54, 1.807) is 7.05 Å². The smallest absolute Gasteiger partial charge is 0.231 e. The van der Waals surface area contributed by atoms with Crippen LogP contribution in [0.25, 0.3) is 10.8 Å². The number of hydrogen-bond donors (Lipinski definition) is 1. The van der Waals surface area contributed by atoms with E-state index in [0.717, 1.165) is 5.56 Å². The normalized spacial score (nSPS) is 10.4. The summed E-state index contributed by atoms with van der Waals surface area (Å²) in [5, 5.41) is 14.2. The van der Waals surface area contributed by atoms with Gasteiger partial charge < -0.3 is 9.73 Å². The van der Waals surface area contributed by atoms with Crippen LogP contribution in [0.4, 0.5) is 5.88 Å². The highest BCUT2D eigenvalue weighted by Gasteiger charge is 2.12. The number of anilines is 1. The fourth-order valence-electron chi connectivity index (χ4n) is 2.29. The number of benzene rings is 2. The summed E-state index contributed by atoms with van der Waals surface area (Å²) in [6.07, 6.45) is 0.567. The second-order valence-electron chi connectivity index (χ2n) is 4.46. The first kappa shape index (κ1) is 12.2. The summed E-state index contributed by atoms with van der Waals surface area (Å²) < 4.78 is 5.56. The quantitative estimate of drug-likeness (QED) is 0.787. The number of nitrogens with zero attached hydrogens (tertiary/aromatic N) is 2. The lowest BCUT2D eigenvalue weighted by Gasteiger charge is -2.03. The average molecular weight is 263 g/mol. The van der Waals surface area contributed by atoms with E-state index < -0.39 is 0 Å². The van der Waals surface area contributed by atoms with E-state index in [2.05, 4.69) is 34.6 Å². The number of rotatable bonds is 3. The van der Waals surface area contributed by atoms with Crippen molar-refractivity contribution >= 4 is 16.7 Å². The van der Waals surface area contributed by atoms with Gasteiger partial charge in [-0.2, -0.15) is 5.26 Å². The Balaban J connectivity index is 2.01. The van der Waals surface area contributed by atoms with Gasteiger partial charge in [-0.3, -0.25) is 0 Å². The van der Waals surface area contributed by atoms with Crippen molar-refractivity contribution < 1.29 is 4.42 Å². The maximum absolute atomic E-state index is 8.99. The summed E-state index contributed by atoms with van der Waals surface area (Å²) in [5.41, 5.74) is 1.43. The van der Waals surface area contributed by atoms with Crippen molar-refractivity contribution in [1.29, 1.82) is 5.26 Å². The van der Waals surface area contributed by atoms with Crippen LogP contribution in [0.1, 0.15) is 17.1 Å². The lowest BCUT2D eigenvalue weighted by Crippen LogP contribution is -1.90. The van der Waals surface area contributed by atoms with E-state index in [4.69, 9.17) is 9.68 Å². The number of aromatic nitrogens is 1. The molecule has 1 heterocycles. The van der Waals surface area contributed by atoms with Crippen molar-refractivity contribution in [3.05, 3.63) is 59.6 Å². The molecule has 3 rings (SSSR count). The van der Waals surface area contributed by atoms with Gasteiger partial charge in [-0.25, -0.2) is 4.98 Å². The Kier molecular flexibility index (Phi) is 3.10. The van der Waals surface area contributed by atoms with Crippen molar-refractivity contribution in [3.8, 4) is 6.07 Å². The molecule has 0 spiro atoms. The van der Waals surface area contributed by atoms with Gasteiger partial charge in [-0.1, -0.05) is 42.5 Å². The summed E-state index contributed by atoms with van der Waals surface area (Å²) in [5.74, 6) is 0.963. The lowest BCUT2D eigenvalue weighted by molar-refractivity contribution is 0.521. The van der Waals surface area contributed by atoms with Gasteiger partial charge in [0.2, 0.25) is 17.5 Å². The molecule has 0 bridgehead atoms. The fourth-order valence-corrected chi connectivity index (χ4v) is 2.29.